The Morgan fingerprint density at radius 2 is 1.80 bits per heavy atom. The first-order valence-corrected chi connectivity index (χ1v) is 8.49. The van der Waals surface area contributed by atoms with Gasteiger partial charge in [0.05, 0.1) is 0 Å². The number of aryl methyl sites for hydroxylation is 1. The second-order valence-electron chi connectivity index (χ2n) is 6.21. The molecule has 0 atom stereocenters. The molecule has 0 unspecified atom stereocenters. The molecule has 1 aromatic rings. The summed E-state index contributed by atoms with van der Waals surface area (Å²) in [6.45, 7) is 9.75. The number of hydrogen-bond donors (Lipinski definition) is 1. The highest BCUT2D eigenvalue weighted by molar-refractivity contribution is 9.10. The Hall–Kier alpha value is -0.540. The van der Waals surface area contributed by atoms with Crippen molar-refractivity contribution in [3.05, 3.63) is 27.7 Å². The molecule has 112 valence electrons. The summed E-state index contributed by atoms with van der Waals surface area (Å²) in [5.41, 5.74) is 2.55. The first-order valence-electron chi connectivity index (χ1n) is 7.70. The van der Waals surface area contributed by atoms with Crippen LogP contribution in [0.2, 0.25) is 0 Å². The van der Waals surface area contributed by atoms with E-state index in [2.05, 4.69) is 34.7 Å². The number of hydrogen-bond acceptors (Lipinski definition) is 2. The van der Waals surface area contributed by atoms with Gasteiger partial charge in [-0.05, 0) is 56.0 Å². The lowest BCUT2D eigenvalue weighted by molar-refractivity contribution is 0.0903. The molecule has 1 aliphatic rings. The molecule has 1 saturated heterocycles. The van der Waals surface area contributed by atoms with Crippen LogP contribution in [0.15, 0.2) is 16.6 Å². The van der Waals surface area contributed by atoms with Crippen molar-refractivity contribution in [2.24, 2.45) is 5.41 Å². The van der Waals surface area contributed by atoms with Crippen LogP contribution in [0.1, 0.15) is 50.7 Å². The zero-order valence-electron chi connectivity index (χ0n) is 12.9. The standard InChI is InChI=1S/C17H26BrNO/c1-4-17(5-2)6-8-19(9-7-17)12-14-11-15(18)10-13(3)16(14)20/h10-11,20H,4-9,12H2,1-3H3. The van der Waals surface area contributed by atoms with Crippen LogP contribution >= 0.6 is 15.9 Å². The highest BCUT2D eigenvalue weighted by atomic mass is 79.9. The maximum atomic E-state index is 10.2. The van der Waals surface area contributed by atoms with Crippen LogP contribution in [-0.2, 0) is 6.54 Å². The molecule has 3 heteroatoms. The number of halogens is 1. The van der Waals surface area contributed by atoms with Crippen LogP contribution in [0.5, 0.6) is 5.75 Å². The topological polar surface area (TPSA) is 23.5 Å². The van der Waals surface area contributed by atoms with Gasteiger partial charge >= 0.3 is 0 Å². The SMILES string of the molecule is CCC1(CC)CCN(Cc2cc(Br)cc(C)c2O)CC1. The van der Waals surface area contributed by atoms with Gasteiger partial charge in [-0.2, -0.15) is 0 Å². The number of likely N-dealkylation sites (tertiary alicyclic amines) is 1. The average molecular weight is 340 g/mol. The zero-order chi connectivity index (χ0) is 14.8. The smallest absolute Gasteiger partial charge is 0.123 e. The van der Waals surface area contributed by atoms with Crippen molar-refractivity contribution in [1.82, 2.24) is 4.90 Å². The fraction of sp³-hybridized carbons (Fsp3) is 0.647. The number of rotatable bonds is 4. The predicted octanol–water partition coefficient (Wildman–Crippen LogP) is 4.87. The van der Waals surface area contributed by atoms with E-state index in [1.807, 2.05) is 19.1 Å². The molecule has 0 saturated carbocycles. The summed E-state index contributed by atoms with van der Waals surface area (Å²) < 4.78 is 1.05. The Morgan fingerprint density at radius 1 is 1.20 bits per heavy atom. The molecule has 1 aliphatic heterocycles. The Labute approximate surface area is 131 Å². The van der Waals surface area contributed by atoms with Gasteiger partial charge < -0.3 is 5.11 Å². The van der Waals surface area contributed by atoms with E-state index < -0.39 is 0 Å². The highest BCUT2D eigenvalue weighted by Crippen LogP contribution is 2.38. The minimum absolute atomic E-state index is 0.455. The van der Waals surface area contributed by atoms with Crippen molar-refractivity contribution in [2.75, 3.05) is 13.1 Å². The molecule has 1 heterocycles. The zero-order valence-corrected chi connectivity index (χ0v) is 14.5. The minimum atomic E-state index is 0.455. The number of nitrogens with zero attached hydrogens (tertiary/aromatic N) is 1. The number of aromatic hydroxyl groups is 1. The lowest BCUT2D eigenvalue weighted by Crippen LogP contribution is -2.39. The highest BCUT2D eigenvalue weighted by Gasteiger charge is 2.31. The first-order chi connectivity index (χ1) is 9.49. The van der Waals surface area contributed by atoms with E-state index in [-0.39, 0.29) is 0 Å². The molecule has 0 spiro atoms. The summed E-state index contributed by atoms with van der Waals surface area (Å²) in [6, 6.07) is 4.01. The molecule has 1 N–H and O–H groups in total. The second kappa shape index (κ2) is 6.48. The van der Waals surface area contributed by atoms with Gasteiger partial charge in [0, 0.05) is 16.6 Å². The number of phenols is 1. The van der Waals surface area contributed by atoms with Gasteiger partial charge in [0.15, 0.2) is 0 Å². The molecule has 1 fully saturated rings. The molecule has 1 aromatic carbocycles. The molecule has 0 aliphatic carbocycles. The summed E-state index contributed by atoms with van der Waals surface area (Å²) in [7, 11) is 0. The molecule has 0 radical (unpaired) electrons. The van der Waals surface area contributed by atoms with Crippen molar-refractivity contribution in [3.8, 4) is 5.75 Å². The Kier molecular flexibility index (Phi) is 5.14. The number of phenolic OH excluding ortho intramolecular Hbond substituents is 1. The van der Waals surface area contributed by atoms with Gasteiger partial charge in [-0.25, -0.2) is 0 Å². The second-order valence-corrected chi connectivity index (χ2v) is 7.13. The van der Waals surface area contributed by atoms with Crippen LogP contribution in [0.25, 0.3) is 0 Å². The summed E-state index contributed by atoms with van der Waals surface area (Å²) in [6.07, 6.45) is 5.15. The summed E-state index contributed by atoms with van der Waals surface area (Å²) in [5, 5.41) is 10.2. The molecular weight excluding hydrogens is 314 g/mol. The van der Waals surface area contributed by atoms with Gasteiger partial charge in [-0.3, -0.25) is 4.90 Å². The summed E-state index contributed by atoms with van der Waals surface area (Å²) >= 11 is 3.52. The predicted molar refractivity (Wildman–Crippen MR) is 88.1 cm³/mol. The van der Waals surface area contributed by atoms with Gasteiger partial charge in [-0.15, -0.1) is 0 Å². The summed E-state index contributed by atoms with van der Waals surface area (Å²) in [5.74, 6) is 0.455. The normalized spacial score (nSPS) is 19.2. The Morgan fingerprint density at radius 3 is 2.35 bits per heavy atom. The third kappa shape index (κ3) is 3.37. The summed E-state index contributed by atoms with van der Waals surface area (Å²) in [4.78, 5) is 2.48. The van der Waals surface area contributed by atoms with Crippen molar-refractivity contribution in [3.63, 3.8) is 0 Å². The van der Waals surface area contributed by atoms with E-state index in [1.54, 1.807) is 0 Å². The van der Waals surface area contributed by atoms with Crippen LogP contribution in [-0.4, -0.2) is 23.1 Å². The first kappa shape index (κ1) is 15.8. The van der Waals surface area contributed by atoms with Crippen molar-refractivity contribution < 1.29 is 5.11 Å². The van der Waals surface area contributed by atoms with E-state index in [0.717, 1.165) is 35.2 Å². The van der Waals surface area contributed by atoms with E-state index in [9.17, 15) is 5.11 Å². The molecule has 2 nitrogen and oxygen atoms in total. The fourth-order valence-electron chi connectivity index (χ4n) is 3.31. The van der Waals surface area contributed by atoms with E-state index in [0.29, 0.717) is 11.2 Å². The Bertz CT molecular complexity index is 458. The van der Waals surface area contributed by atoms with Crippen LogP contribution in [0, 0.1) is 12.3 Å². The minimum Gasteiger partial charge on any atom is -0.507 e. The van der Waals surface area contributed by atoms with Crippen LogP contribution in [0.4, 0.5) is 0 Å². The average Bonchev–Trinajstić information content (AvgIpc) is 2.45. The van der Waals surface area contributed by atoms with E-state index in [1.165, 1.54) is 25.7 Å². The Balaban J connectivity index is 2.03. The maximum absolute atomic E-state index is 10.2. The fourth-order valence-corrected chi connectivity index (χ4v) is 3.93. The third-order valence-corrected chi connectivity index (χ3v) is 5.61. The maximum Gasteiger partial charge on any atom is 0.123 e. The van der Waals surface area contributed by atoms with Crippen molar-refractivity contribution in [2.45, 2.75) is 53.0 Å². The van der Waals surface area contributed by atoms with Crippen molar-refractivity contribution in [1.29, 1.82) is 0 Å². The molecule has 2 rings (SSSR count). The number of piperidine rings is 1. The largest absolute Gasteiger partial charge is 0.507 e. The van der Waals surface area contributed by atoms with E-state index in [4.69, 9.17) is 0 Å². The number of benzene rings is 1. The van der Waals surface area contributed by atoms with Crippen LogP contribution < -0.4 is 0 Å². The van der Waals surface area contributed by atoms with E-state index >= 15 is 0 Å². The monoisotopic (exact) mass is 339 g/mol. The van der Waals surface area contributed by atoms with Crippen LogP contribution in [0.3, 0.4) is 0 Å². The molecule has 0 amide bonds. The molecular formula is C17H26BrNO. The van der Waals surface area contributed by atoms with Gasteiger partial charge in [-0.1, -0.05) is 42.6 Å². The third-order valence-electron chi connectivity index (χ3n) is 5.15. The van der Waals surface area contributed by atoms with Gasteiger partial charge in [0.2, 0.25) is 0 Å². The quantitative estimate of drug-likeness (QED) is 0.846. The molecule has 0 bridgehead atoms. The lowest BCUT2D eigenvalue weighted by atomic mass is 9.74. The molecule has 0 aromatic heterocycles. The lowest BCUT2D eigenvalue weighted by Gasteiger charge is -2.41. The molecule has 20 heavy (non-hydrogen) atoms. The van der Waals surface area contributed by atoms with Crippen molar-refractivity contribution >= 4 is 15.9 Å². The van der Waals surface area contributed by atoms with Gasteiger partial charge in [0.1, 0.15) is 5.75 Å². The van der Waals surface area contributed by atoms with Gasteiger partial charge in [0.25, 0.3) is 0 Å².